The molecule has 0 radical (unpaired) electrons. The fourth-order valence-electron chi connectivity index (χ4n) is 4.46. The molecule has 2 aromatic carbocycles. The molecule has 0 aliphatic carbocycles. The number of fused-ring (bicyclic) bond motifs is 1. The third kappa shape index (κ3) is 3.03. The molecule has 152 valence electrons. The van der Waals surface area contributed by atoms with E-state index in [1.54, 1.807) is 11.8 Å². The Hall–Kier alpha value is -2.70. The van der Waals surface area contributed by atoms with Gasteiger partial charge in [-0.1, -0.05) is 60.7 Å². The maximum atomic E-state index is 13.2. The molecule has 6 heteroatoms. The molecule has 2 fully saturated rings. The summed E-state index contributed by atoms with van der Waals surface area (Å²) >= 11 is 0. The average molecular weight is 395 g/mol. The summed E-state index contributed by atoms with van der Waals surface area (Å²) in [6.45, 7) is 4.62. The van der Waals surface area contributed by atoms with Crippen LogP contribution in [0, 0.1) is 5.41 Å². The van der Waals surface area contributed by atoms with Crippen molar-refractivity contribution in [1.82, 2.24) is 4.90 Å². The van der Waals surface area contributed by atoms with E-state index in [9.17, 15) is 9.59 Å². The largest absolute Gasteiger partial charge is 0.465 e. The SMILES string of the molecule is CCOC(=O)C12CN(CC)C(=O)C1OOC(c1ccccc1)(c1ccccc1)C2. The van der Waals surface area contributed by atoms with Crippen LogP contribution in [0.25, 0.3) is 0 Å². The van der Waals surface area contributed by atoms with Crippen molar-refractivity contribution in [2.75, 3.05) is 19.7 Å². The standard InChI is InChI=1S/C23H25NO5/c1-3-24-16-22(21(26)27-4-2)15-23(17-11-7-5-8-12-17,18-13-9-6-10-14-18)29-28-19(22)20(24)25/h5-14,19H,3-4,15-16H2,1-2H3. The highest BCUT2D eigenvalue weighted by Crippen LogP contribution is 2.53. The molecule has 6 nitrogen and oxygen atoms in total. The molecule has 2 aromatic rings. The molecule has 2 unspecified atom stereocenters. The molecule has 2 saturated heterocycles. The highest BCUT2D eigenvalue weighted by molar-refractivity contribution is 5.94. The molecule has 1 amide bonds. The van der Waals surface area contributed by atoms with Crippen LogP contribution in [0.1, 0.15) is 31.4 Å². The van der Waals surface area contributed by atoms with Crippen LogP contribution in [0.5, 0.6) is 0 Å². The monoisotopic (exact) mass is 395 g/mol. The van der Waals surface area contributed by atoms with Crippen molar-refractivity contribution in [3.8, 4) is 0 Å². The van der Waals surface area contributed by atoms with Gasteiger partial charge in [0.2, 0.25) is 0 Å². The second kappa shape index (κ2) is 7.61. The van der Waals surface area contributed by atoms with Gasteiger partial charge in [-0.3, -0.25) is 9.59 Å². The van der Waals surface area contributed by atoms with Crippen LogP contribution in [0.2, 0.25) is 0 Å². The number of rotatable bonds is 5. The van der Waals surface area contributed by atoms with Crippen LogP contribution < -0.4 is 0 Å². The first-order valence-corrected chi connectivity index (χ1v) is 9.99. The van der Waals surface area contributed by atoms with E-state index in [4.69, 9.17) is 14.5 Å². The third-order valence-electron chi connectivity index (χ3n) is 5.91. The number of nitrogens with zero attached hydrogens (tertiary/aromatic N) is 1. The lowest BCUT2D eigenvalue weighted by Gasteiger charge is -2.45. The summed E-state index contributed by atoms with van der Waals surface area (Å²) in [5, 5.41) is 0. The summed E-state index contributed by atoms with van der Waals surface area (Å²) in [4.78, 5) is 39.5. The highest BCUT2D eigenvalue weighted by atomic mass is 17.2. The highest BCUT2D eigenvalue weighted by Gasteiger charge is 2.66. The van der Waals surface area contributed by atoms with Crippen LogP contribution in [-0.2, 0) is 29.7 Å². The maximum Gasteiger partial charge on any atom is 0.317 e. The van der Waals surface area contributed by atoms with Crippen LogP contribution in [0.4, 0.5) is 0 Å². The van der Waals surface area contributed by atoms with E-state index in [1.165, 1.54) is 0 Å². The molecule has 2 aliphatic heterocycles. The van der Waals surface area contributed by atoms with Crippen molar-refractivity contribution >= 4 is 11.9 Å². The van der Waals surface area contributed by atoms with Crippen molar-refractivity contribution in [3.05, 3.63) is 71.8 Å². The number of carbonyl (C=O) groups excluding carboxylic acids is 2. The van der Waals surface area contributed by atoms with E-state index in [-0.39, 0.29) is 25.5 Å². The summed E-state index contributed by atoms with van der Waals surface area (Å²) in [7, 11) is 0. The van der Waals surface area contributed by atoms with E-state index in [0.29, 0.717) is 6.54 Å². The van der Waals surface area contributed by atoms with Crippen molar-refractivity contribution in [1.29, 1.82) is 0 Å². The Labute approximate surface area is 170 Å². The molecule has 0 saturated carbocycles. The van der Waals surface area contributed by atoms with Gasteiger partial charge in [0.05, 0.1) is 6.61 Å². The molecule has 0 bridgehead atoms. The number of benzene rings is 2. The second-order valence-corrected chi connectivity index (χ2v) is 7.52. The predicted molar refractivity (Wildman–Crippen MR) is 106 cm³/mol. The topological polar surface area (TPSA) is 65.1 Å². The molecular formula is C23H25NO5. The Morgan fingerprint density at radius 3 is 2.17 bits per heavy atom. The van der Waals surface area contributed by atoms with Gasteiger partial charge in [-0.05, 0) is 25.0 Å². The molecular weight excluding hydrogens is 370 g/mol. The van der Waals surface area contributed by atoms with Crippen molar-refractivity contribution in [2.24, 2.45) is 5.41 Å². The summed E-state index contributed by atoms with van der Waals surface area (Å²) in [6, 6.07) is 19.3. The number of amides is 1. The van der Waals surface area contributed by atoms with Gasteiger partial charge < -0.3 is 9.64 Å². The first-order chi connectivity index (χ1) is 14.1. The minimum absolute atomic E-state index is 0.234. The Morgan fingerprint density at radius 1 is 1.07 bits per heavy atom. The molecule has 29 heavy (non-hydrogen) atoms. The molecule has 0 N–H and O–H groups in total. The molecule has 0 spiro atoms. The van der Waals surface area contributed by atoms with E-state index >= 15 is 0 Å². The van der Waals surface area contributed by atoms with Crippen LogP contribution in [-0.4, -0.2) is 42.6 Å². The summed E-state index contributed by atoms with van der Waals surface area (Å²) in [5.74, 6) is -0.663. The fraction of sp³-hybridized carbons (Fsp3) is 0.391. The van der Waals surface area contributed by atoms with Gasteiger partial charge in [0, 0.05) is 19.5 Å². The number of hydrogen-bond acceptors (Lipinski definition) is 5. The second-order valence-electron chi connectivity index (χ2n) is 7.52. The van der Waals surface area contributed by atoms with Gasteiger partial charge >= 0.3 is 5.97 Å². The van der Waals surface area contributed by atoms with Gasteiger partial charge in [-0.2, -0.15) is 0 Å². The van der Waals surface area contributed by atoms with Gasteiger partial charge in [-0.25, -0.2) is 9.78 Å². The predicted octanol–water partition coefficient (Wildman–Crippen LogP) is 3.06. The van der Waals surface area contributed by atoms with E-state index in [2.05, 4.69) is 0 Å². The summed E-state index contributed by atoms with van der Waals surface area (Å²) < 4.78 is 5.44. The quantitative estimate of drug-likeness (QED) is 0.575. The minimum atomic E-state index is -1.15. The van der Waals surface area contributed by atoms with E-state index in [0.717, 1.165) is 11.1 Å². The number of hydrogen-bond donors (Lipinski definition) is 0. The first-order valence-electron chi connectivity index (χ1n) is 9.99. The molecule has 2 heterocycles. The van der Waals surface area contributed by atoms with Gasteiger partial charge in [0.1, 0.15) is 5.41 Å². The lowest BCUT2D eigenvalue weighted by atomic mass is 9.69. The van der Waals surface area contributed by atoms with Crippen LogP contribution in [0.3, 0.4) is 0 Å². The Kier molecular flexibility index (Phi) is 5.15. The normalized spacial score (nSPS) is 25.5. The molecule has 0 aromatic heterocycles. The summed E-state index contributed by atoms with van der Waals surface area (Å²) in [6.07, 6.45) is -0.762. The van der Waals surface area contributed by atoms with Crippen LogP contribution in [0.15, 0.2) is 60.7 Å². The van der Waals surface area contributed by atoms with E-state index < -0.39 is 23.1 Å². The number of esters is 1. The minimum Gasteiger partial charge on any atom is -0.465 e. The number of carbonyl (C=O) groups is 2. The molecule has 2 aliphatic rings. The van der Waals surface area contributed by atoms with Gasteiger partial charge in [-0.15, -0.1) is 0 Å². The summed E-state index contributed by atoms with van der Waals surface area (Å²) in [5.41, 5.74) is -0.463. The lowest BCUT2D eigenvalue weighted by Crippen LogP contribution is -2.55. The van der Waals surface area contributed by atoms with Gasteiger partial charge in [0.25, 0.3) is 5.91 Å². The number of likely N-dealkylation sites (tertiary alicyclic amines) is 1. The zero-order valence-electron chi connectivity index (χ0n) is 16.7. The zero-order valence-corrected chi connectivity index (χ0v) is 16.7. The Balaban J connectivity index is 1.87. The van der Waals surface area contributed by atoms with Crippen LogP contribution >= 0.6 is 0 Å². The average Bonchev–Trinajstić information content (AvgIpc) is 3.07. The Bertz CT molecular complexity index is 845. The lowest BCUT2D eigenvalue weighted by molar-refractivity contribution is -0.413. The smallest absolute Gasteiger partial charge is 0.317 e. The third-order valence-corrected chi connectivity index (χ3v) is 5.91. The number of ether oxygens (including phenoxy) is 1. The first kappa shape index (κ1) is 19.6. The van der Waals surface area contributed by atoms with Crippen molar-refractivity contribution in [3.63, 3.8) is 0 Å². The van der Waals surface area contributed by atoms with Crippen molar-refractivity contribution < 1.29 is 24.1 Å². The zero-order chi connectivity index (χ0) is 20.5. The Morgan fingerprint density at radius 2 is 1.66 bits per heavy atom. The molecule has 2 atom stereocenters. The van der Waals surface area contributed by atoms with E-state index in [1.807, 2.05) is 67.6 Å². The van der Waals surface area contributed by atoms with Gasteiger partial charge in [0.15, 0.2) is 11.7 Å². The number of likely N-dealkylation sites (N-methyl/N-ethyl adjacent to an activating group) is 1. The maximum absolute atomic E-state index is 13.2. The fourth-order valence-corrected chi connectivity index (χ4v) is 4.46. The molecule has 4 rings (SSSR count). The van der Waals surface area contributed by atoms with Crippen molar-refractivity contribution in [2.45, 2.75) is 32.0 Å².